The van der Waals surface area contributed by atoms with Gasteiger partial charge in [0.1, 0.15) is 0 Å². The van der Waals surface area contributed by atoms with E-state index in [9.17, 15) is 4.79 Å². The van der Waals surface area contributed by atoms with Crippen LogP contribution in [0.1, 0.15) is 69.5 Å². The smallest absolute Gasteiger partial charge is 0.307 e. The fraction of sp³-hybridized carbons (Fsp3) is 0.750. The standard InChI is InChI=1S/C28H44N2O4/c1-20(2)14-22-18-30-13-8-21-16-26(32-3)27(33-4)17-24(21)25(30)15-23(22)19-34-28(31)9-12-29-10-6-5-7-11-29/h16-17,20,22-23,25H,5-15,18-19H2,1-4H3/t22-,23+,25-/m1/s1. The Bertz CT molecular complexity index is 821. The lowest BCUT2D eigenvalue weighted by Gasteiger charge is -2.47. The van der Waals surface area contributed by atoms with Crippen LogP contribution in [0.15, 0.2) is 12.1 Å². The maximum atomic E-state index is 12.6. The minimum absolute atomic E-state index is 0.0354. The second-order valence-electron chi connectivity index (χ2n) is 10.9. The third-order valence-corrected chi connectivity index (χ3v) is 8.09. The van der Waals surface area contributed by atoms with Gasteiger partial charge in [-0.25, -0.2) is 0 Å². The van der Waals surface area contributed by atoms with E-state index in [1.165, 1.54) is 36.8 Å². The second kappa shape index (κ2) is 11.8. The van der Waals surface area contributed by atoms with Crippen molar-refractivity contribution in [2.24, 2.45) is 17.8 Å². The molecular weight excluding hydrogens is 428 g/mol. The number of piperidine rings is 2. The maximum absolute atomic E-state index is 12.6. The number of rotatable bonds is 9. The van der Waals surface area contributed by atoms with Crippen molar-refractivity contribution >= 4 is 5.97 Å². The van der Waals surface area contributed by atoms with E-state index in [0.29, 0.717) is 36.8 Å². The van der Waals surface area contributed by atoms with Crippen LogP contribution in [0.2, 0.25) is 0 Å². The number of likely N-dealkylation sites (tertiary alicyclic amines) is 1. The molecule has 190 valence electrons. The lowest BCUT2D eigenvalue weighted by molar-refractivity contribution is -0.147. The first-order valence-corrected chi connectivity index (χ1v) is 13.3. The molecule has 3 aliphatic heterocycles. The van der Waals surface area contributed by atoms with Crippen LogP contribution in [0.25, 0.3) is 0 Å². The molecule has 0 spiro atoms. The molecule has 2 saturated heterocycles. The SMILES string of the molecule is COc1cc2c(cc1OC)[C@H]1C[C@@H](COC(=O)CCN3CCCCC3)[C@H](CC(C)C)CN1CC2. The Kier molecular flexibility index (Phi) is 8.75. The van der Waals surface area contributed by atoms with Crippen LogP contribution in [0, 0.1) is 17.8 Å². The average molecular weight is 473 g/mol. The van der Waals surface area contributed by atoms with Gasteiger partial charge in [-0.2, -0.15) is 0 Å². The Morgan fingerprint density at radius 2 is 1.76 bits per heavy atom. The lowest BCUT2D eigenvalue weighted by atomic mass is 9.74. The number of esters is 1. The van der Waals surface area contributed by atoms with Crippen LogP contribution in [-0.2, 0) is 16.0 Å². The van der Waals surface area contributed by atoms with Crippen molar-refractivity contribution in [1.29, 1.82) is 0 Å². The zero-order valence-corrected chi connectivity index (χ0v) is 21.7. The summed E-state index contributed by atoms with van der Waals surface area (Å²) in [5.74, 6) is 3.16. The summed E-state index contributed by atoms with van der Waals surface area (Å²) in [6.07, 6.45) is 7.58. The van der Waals surface area contributed by atoms with Gasteiger partial charge in [-0.3, -0.25) is 9.69 Å². The molecule has 34 heavy (non-hydrogen) atoms. The molecule has 1 aromatic rings. The molecule has 0 bridgehead atoms. The molecule has 0 aliphatic carbocycles. The number of carbonyl (C=O) groups excluding carboxylic acids is 1. The topological polar surface area (TPSA) is 51.2 Å². The Balaban J connectivity index is 1.42. The zero-order valence-electron chi connectivity index (χ0n) is 21.7. The highest BCUT2D eigenvalue weighted by Gasteiger charge is 2.40. The van der Waals surface area contributed by atoms with Crippen LogP contribution in [0.4, 0.5) is 0 Å². The Morgan fingerprint density at radius 1 is 1.03 bits per heavy atom. The molecule has 3 aliphatic rings. The monoisotopic (exact) mass is 472 g/mol. The van der Waals surface area contributed by atoms with Gasteiger partial charge in [0, 0.05) is 25.7 Å². The second-order valence-corrected chi connectivity index (χ2v) is 10.9. The van der Waals surface area contributed by atoms with E-state index in [2.05, 4.69) is 35.8 Å². The average Bonchev–Trinajstić information content (AvgIpc) is 2.85. The third-order valence-electron chi connectivity index (χ3n) is 8.09. The molecule has 1 aromatic carbocycles. The molecule has 0 aromatic heterocycles. The van der Waals surface area contributed by atoms with Crippen LogP contribution in [0.5, 0.6) is 11.5 Å². The van der Waals surface area contributed by atoms with Crippen molar-refractivity contribution in [3.63, 3.8) is 0 Å². The van der Waals surface area contributed by atoms with E-state index in [1.807, 2.05) is 0 Å². The minimum Gasteiger partial charge on any atom is -0.493 e. The van der Waals surface area contributed by atoms with Crippen LogP contribution in [0.3, 0.4) is 0 Å². The maximum Gasteiger partial charge on any atom is 0.307 e. The quantitative estimate of drug-likeness (QED) is 0.486. The summed E-state index contributed by atoms with van der Waals surface area (Å²) < 4.78 is 17.1. The van der Waals surface area contributed by atoms with Gasteiger partial charge in [0.2, 0.25) is 0 Å². The number of carbonyl (C=O) groups is 1. The number of hydrogen-bond donors (Lipinski definition) is 0. The van der Waals surface area contributed by atoms with Crippen molar-refractivity contribution in [3.8, 4) is 11.5 Å². The number of methoxy groups -OCH3 is 2. The molecule has 4 rings (SSSR count). The number of fused-ring (bicyclic) bond motifs is 3. The fourth-order valence-corrected chi connectivity index (χ4v) is 6.29. The van der Waals surface area contributed by atoms with Crippen LogP contribution in [-0.4, -0.2) is 69.3 Å². The largest absolute Gasteiger partial charge is 0.493 e. The van der Waals surface area contributed by atoms with E-state index in [0.717, 1.165) is 57.1 Å². The minimum atomic E-state index is -0.0354. The summed E-state index contributed by atoms with van der Waals surface area (Å²) in [6.45, 7) is 10.4. The summed E-state index contributed by atoms with van der Waals surface area (Å²) in [6, 6.07) is 4.68. The molecule has 0 saturated carbocycles. The van der Waals surface area contributed by atoms with Gasteiger partial charge in [0.05, 0.1) is 27.2 Å². The molecule has 3 heterocycles. The summed E-state index contributed by atoms with van der Waals surface area (Å²) >= 11 is 0. The van der Waals surface area contributed by atoms with Gasteiger partial charge in [0.15, 0.2) is 11.5 Å². The molecule has 0 radical (unpaired) electrons. The van der Waals surface area contributed by atoms with E-state index >= 15 is 0 Å². The molecule has 0 unspecified atom stereocenters. The first-order chi connectivity index (χ1) is 16.5. The highest BCUT2D eigenvalue weighted by molar-refractivity contribution is 5.69. The number of ether oxygens (including phenoxy) is 3. The molecule has 0 amide bonds. The van der Waals surface area contributed by atoms with Crippen molar-refractivity contribution < 1.29 is 19.0 Å². The van der Waals surface area contributed by atoms with Crippen molar-refractivity contribution in [3.05, 3.63) is 23.3 Å². The zero-order chi connectivity index (χ0) is 24.1. The normalized spacial score (nSPS) is 25.5. The van der Waals surface area contributed by atoms with E-state index in [4.69, 9.17) is 14.2 Å². The number of hydrogen-bond acceptors (Lipinski definition) is 6. The molecule has 2 fully saturated rings. The highest BCUT2D eigenvalue weighted by Crippen LogP contribution is 2.45. The Morgan fingerprint density at radius 3 is 2.47 bits per heavy atom. The molecule has 6 nitrogen and oxygen atoms in total. The molecule has 3 atom stereocenters. The van der Waals surface area contributed by atoms with Crippen molar-refractivity contribution in [2.45, 2.75) is 64.8 Å². The third kappa shape index (κ3) is 6.06. The van der Waals surface area contributed by atoms with Gasteiger partial charge < -0.3 is 19.1 Å². The Hall–Kier alpha value is -1.79. The van der Waals surface area contributed by atoms with Gasteiger partial charge in [-0.05, 0) is 86.2 Å². The van der Waals surface area contributed by atoms with Gasteiger partial charge in [-0.1, -0.05) is 20.3 Å². The fourth-order valence-electron chi connectivity index (χ4n) is 6.29. The Labute approximate surface area is 205 Å². The molecule has 0 N–H and O–H groups in total. The van der Waals surface area contributed by atoms with Crippen LogP contribution >= 0.6 is 0 Å². The van der Waals surface area contributed by atoms with Crippen molar-refractivity contribution in [1.82, 2.24) is 9.80 Å². The van der Waals surface area contributed by atoms with Gasteiger partial charge in [-0.15, -0.1) is 0 Å². The van der Waals surface area contributed by atoms with E-state index < -0.39 is 0 Å². The predicted octanol–water partition coefficient (Wildman–Crippen LogP) is 4.70. The number of benzene rings is 1. The first-order valence-electron chi connectivity index (χ1n) is 13.3. The summed E-state index contributed by atoms with van der Waals surface area (Å²) in [5, 5.41) is 0. The predicted molar refractivity (Wildman–Crippen MR) is 134 cm³/mol. The van der Waals surface area contributed by atoms with E-state index in [-0.39, 0.29) is 5.97 Å². The van der Waals surface area contributed by atoms with E-state index in [1.54, 1.807) is 14.2 Å². The number of nitrogens with zero attached hydrogens (tertiary/aromatic N) is 2. The van der Waals surface area contributed by atoms with Gasteiger partial charge >= 0.3 is 5.97 Å². The van der Waals surface area contributed by atoms with Gasteiger partial charge in [0.25, 0.3) is 0 Å². The van der Waals surface area contributed by atoms with Crippen LogP contribution < -0.4 is 9.47 Å². The lowest BCUT2D eigenvalue weighted by Crippen LogP contribution is -2.47. The summed E-state index contributed by atoms with van der Waals surface area (Å²) in [4.78, 5) is 17.7. The molecular formula is C28H44N2O4. The summed E-state index contributed by atoms with van der Waals surface area (Å²) in [7, 11) is 3.41. The highest BCUT2D eigenvalue weighted by atomic mass is 16.5. The first kappa shape index (κ1) is 25.3. The van der Waals surface area contributed by atoms with Crippen molar-refractivity contribution in [2.75, 3.05) is 53.6 Å². The summed E-state index contributed by atoms with van der Waals surface area (Å²) in [5.41, 5.74) is 2.71. The molecule has 6 heteroatoms.